The molecule has 3 unspecified atom stereocenters. The third-order valence-electron chi connectivity index (χ3n) is 7.74. The third-order valence-corrected chi connectivity index (χ3v) is 7.74. The van der Waals surface area contributed by atoms with Crippen molar-refractivity contribution in [2.45, 2.75) is 76.4 Å². The molecule has 7 heteroatoms. The highest BCUT2D eigenvalue weighted by Crippen LogP contribution is 2.51. The van der Waals surface area contributed by atoms with E-state index in [0.29, 0.717) is 19.4 Å². The minimum atomic E-state index is -1.26. The molecule has 3 rings (SSSR count). The van der Waals surface area contributed by atoms with Crippen molar-refractivity contribution in [2.75, 3.05) is 13.1 Å². The van der Waals surface area contributed by atoms with Gasteiger partial charge in [0.1, 0.15) is 5.75 Å². The number of nitrogens with zero attached hydrogens (tertiary/aromatic N) is 1. The molecule has 0 aromatic heterocycles. The lowest BCUT2D eigenvalue weighted by Gasteiger charge is -2.58. The van der Waals surface area contributed by atoms with Gasteiger partial charge in [-0.2, -0.15) is 0 Å². The van der Waals surface area contributed by atoms with E-state index >= 15 is 0 Å². The van der Waals surface area contributed by atoms with Gasteiger partial charge in [0, 0.05) is 17.9 Å². The number of aromatic hydroxyl groups is 1. The quantitative estimate of drug-likeness (QED) is 0.435. The molecule has 1 saturated heterocycles. The van der Waals surface area contributed by atoms with Gasteiger partial charge in [-0.1, -0.05) is 49.7 Å². The van der Waals surface area contributed by atoms with Crippen LogP contribution in [0.5, 0.6) is 5.75 Å². The van der Waals surface area contributed by atoms with Gasteiger partial charge in [-0.05, 0) is 81.4 Å². The van der Waals surface area contributed by atoms with Crippen LogP contribution >= 0.6 is 0 Å². The van der Waals surface area contributed by atoms with Gasteiger partial charge < -0.3 is 15.9 Å². The third kappa shape index (κ3) is 5.68. The zero-order valence-electron chi connectivity index (χ0n) is 21.1. The SMILES string of the molecule is CCCC1(O)C(C)N(CCCc2ccccc2)CCC1(CC(=O)NC(N)=O)c1cc(O)ccc1C. The first-order chi connectivity index (χ1) is 16.6. The molecule has 5 N–H and O–H groups in total. The molecule has 0 bridgehead atoms. The molecule has 3 amide bonds. The number of phenolic OH excluding ortho intramolecular Hbond substituents is 1. The lowest BCUT2D eigenvalue weighted by atomic mass is 9.56. The summed E-state index contributed by atoms with van der Waals surface area (Å²) in [5, 5.41) is 25.0. The molecule has 1 aliphatic rings. The number of primary amides is 1. The molecular weight excluding hydrogens is 442 g/mol. The summed E-state index contributed by atoms with van der Waals surface area (Å²) >= 11 is 0. The van der Waals surface area contributed by atoms with Crippen molar-refractivity contribution in [1.82, 2.24) is 10.2 Å². The van der Waals surface area contributed by atoms with Gasteiger partial charge in [-0.15, -0.1) is 0 Å². The number of piperidine rings is 1. The molecule has 1 aliphatic heterocycles. The Balaban J connectivity index is 1.96. The molecular formula is C28H39N3O4. The number of nitrogens with one attached hydrogen (secondary N) is 1. The van der Waals surface area contributed by atoms with Crippen LogP contribution in [0.4, 0.5) is 4.79 Å². The number of imide groups is 1. The number of likely N-dealkylation sites (tertiary alicyclic amines) is 1. The van der Waals surface area contributed by atoms with Gasteiger partial charge in [0.15, 0.2) is 0 Å². The van der Waals surface area contributed by atoms with E-state index in [1.165, 1.54) is 5.56 Å². The van der Waals surface area contributed by atoms with Crippen LogP contribution in [-0.4, -0.2) is 51.8 Å². The number of benzene rings is 2. The maximum atomic E-state index is 12.9. The number of rotatable bonds is 9. The number of aryl methyl sites for hydroxylation is 2. The molecule has 35 heavy (non-hydrogen) atoms. The normalized spacial score (nSPS) is 24.7. The number of aliphatic hydroxyl groups is 1. The van der Waals surface area contributed by atoms with Crippen LogP contribution < -0.4 is 11.1 Å². The van der Waals surface area contributed by atoms with Gasteiger partial charge in [-0.25, -0.2) is 4.79 Å². The zero-order chi connectivity index (χ0) is 25.6. The largest absolute Gasteiger partial charge is 0.508 e. The second-order valence-corrected chi connectivity index (χ2v) is 9.90. The van der Waals surface area contributed by atoms with E-state index < -0.39 is 23.0 Å². The van der Waals surface area contributed by atoms with E-state index in [0.717, 1.165) is 36.9 Å². The fourth-order valence-corrected chi connectivity index (χ4v) is 6.00. The monoisotopic (exact) mass is 481 g/mol. The number of hydrogen-bond donors (Lipinski definition) is 4. The minimum Gasteiger partial charge on any atom is -0.508 e. The summed E-state index contributed by atoms with van der Waals surface area (Å²) in [5.41, 5.74) is 5.89. The molecule has 0 spiro atoms. The van der Waals surface area contributed by atoms with Crippen LogP contribution in [0.1, 0.15) is 62.6 Å². The van der Waals surface area contributed by atoms with Crippen molar-refractivity contribution in [1.29, 1.82) is 0 Å². The second-order valence-electron chi connectivity index (χ2n) is 9.90. The fraction of sp³-hybridized carbons (Fsp3) is 0.500. The Morgan fingerprint density at radius 3 is 2.57 bits per heavy atom. The standard InChI is InChI=1S/C28H39N3O4/c1-4-14-28(35)21(3)31(16-8-11-22-9-6-5-7-10-22)17-15-27(28,19-25(33)30-26(29)34)24-18-23(32)13-12-20(24)2/h5-7,9-10,12-13,18,21,32,35H,4,8,11,14-17,19H2,1-3H3,(H3,29,30,33,34). The first kappa shape index (κ1) is 26.7. The number of carbonyl (C=O) groups is 2. The van der Waals surface area contributed by atoms with Crippen molar-refractivity contribution in [3.63, 3.8) is 0 Å². The van der Waals surface area contributed by atoms with Crippen molar-refractivity contribution in [3.8, 4) is 5.75 Å². The topological polar surface area (TPSA) is 116 Å². The predicted octanol–water partition coefficient (Wildman–Crippen LogP) is 3.78. The first-order valence-corrected chi connectivity index (χ1v) is 12.5. The lowest BCUT2D eigenvalue weighted by molar-refractivity contribution is -0.151. The maximum Gasteiger partial charge on any atom is 0.318 e. The van der Waals surface area contributed by atoms with E-state index in [4.69, 9.17) is 5.73 Å². The highest BCUT2D eigenvalue weighted by Gasteiger charge is 2.59. The summed E-state index contributed by atoms with van der Waals surface area (Å²) < 4.78 is 0. The smallest absolute Gasteiger partial charge is 0.318 e. The van der Waals surface area contributed by atoms with Crippen molar-refractivity contribution >= 4 is 11.9 Å². The average Bonchev–Trinajstić information content (AvgIpc) is 2.81. The van der Waals surface area contributed by atoms with Crippen LogP contribution in [-0.2, 0) is 16.6 Å². The zero-order valence-corrected chi connectivity index (χ0v) is 21.1. The number of phenols is 1. The molecule has 3 atom stereocenters. The Bertz CT molecular complexity index is 1030. The molecule has 0 aliphatic carbocycles. The maximum absolute atomic E-state index is 12.9. The summed E-state index contributed by atoms with van der Waals surface area (Å²) in [5.74, 6) is -0.448. The molecule has 7 nitrogen and oxygen atoms in total. The van der Waals surface area contributed by atoms with Gasteiger partial charge >= 0.3 is 6.03 Å². The fourth-order valence-electron chi connectivity index (χ4n) is 6.00. The van der Waals surface area contributed by atoms with Gasteiger partial charge in [0.25, 0.3) is 0 Å². The minimum absolute atomic E-state index is 0.0806. The van der Waals surface area contributed by atoms with Crippen LogP contribution in [0.25, 0.3) is 0 Å². The highest BCUT2D eigenvalue weighted by atomic mass is 16.3. The van der Waals surface area contributed by atoms with Crippen LogP contribution in [0, 0.1) is 6.92 Å². The number of nitrogens with two attached hydrogens (primary N) is 1. The Morgan fingerprint density at radius 2 is 1.91 bits per heavy atom. The Morgan fingerprint density at radius 1 is 1.20 bits per heavy atom. The molecule has 1 heterocycles. The van der Waals surface area contributed by atoms with E-state index in [2.05, 4.69) is 22.3 Å². The van der Waals surface area contributed by atoms with E-state index in [9.17, 15) is 19.8 Å². The summed E-state index contributed by atoms with van der Waals surface area (Å²) in [6.07, 6.45) is 3.51. The van der Waals surface area contributed by atoms with Crippen LogP contribution in [0.3, 0.4) is 0 Å². The van der Waals surface area contributed by atoms with E-state index in [-0.39, 0.29) is 18.2 Å². The Labute approximate surface area is 208 Å². The van der Waals surface area contributed by atoms with E-state index in [1.54, 1.807) is 12.1 Å². The molecule has 190 valence electrons. The van der Waals surface area contributed by atoms with Gasteiger partial charge in [0.2, 0.25) is 5.91 Å². The number of urea groups is 1. The van der Waals surface area contributed by atoms with Gasteiger partial charge in [0.05, 0.1) is 5.60 Å². The molecule has 2 aromatic carbocycles. The molecule has 1 fully saturated rings. The van der Waals surface area contributed by atoms with E-state index in [1.807, 2.05) is 45.0 Å². The van der Waals surface area contributed by atoms with Crippen LogP contribution in [0.2, 0.25) is 0 Å². The Hall–Kier alpha value is -2.90. The second kappa shape index (κ2) is 11.2. The number of amides is 3. The van der Waals surface area contributed by atoms with Crippen molar-refractivity contribution in [3.05, 3.63) is 65.2 Å². The van der Waals surface area contributed by atoms with Gasteiger partial charge in [-0.3, -0.25) is 15.0 Å². The number of carbonyl (C=O) groups excluding carboxylic acids is 2. The molecule has 0 radical (unpaired) electrons. The first-order valence-electron chi connectivity index (χ1n) is 12.5. The van der Waals surface area contributed by atoms with Crippen LogP contribution in [0.15, 0.2) is 48.5 Å². The highest BCUT2D eigenvalue weighted by molar-refractivity contribution is 5.94. The lowest BCUT2D eigenvalue weighted by Crippen LogP contribution is -2.68. The molecule has 2 aromatic rings. The number of hydrogen-bond acceptors (Lipinski definition) is 5. The van der Waals surface area contributed by atoms with Crippen molar-refractivity contribution in [2.24, 2.45) is 5.73 Å². The summed E-state index contributed by atoms with van der Waals surface area (Å²) in [4.78, 5) is 26.6. The Kier molecular flexibility index (Phi) is 8.56. The summed E-state index contributed by atoms with van der Waals surface area (Å²) in [6.45, 7) is 7.47. The van der Waals surface area contributed by atoms with Crippen molar-refractivity contribution < 1.29 is 19.8 Å². The summed E-state index contributed by atoms with van der Waals surface area (Å²) in [6, 6.07) is 14.3. The summed E-state index contributed by atoms with van der Waals surface area (Å²) in [7, 11) is 0. The predicted molar refractivity (Wildman–Crippen MR) is 137 cm³/mol. The average molecular weight is 482 g/mol. The molecule has 0 saturated carbocycles.